The molecule has 0 bridgehead atoms. The van der Waals surface area contributed by atoms with Crippen LogP contribution in [0.3, 0.4) is 0 Å². The van der Waals surface area contributed by atoms with E-state index in [1.54, 1.807) is 0 Å². The third-order valence-electron chi connectivity index (χ3n) is 3.05. The average Bonchev–Trinajstić information content (AvgIpc) is 2.61. The van der Waals surface area contributed by atoms with Gasteiger partial charge >= 0.3 is 5.97 Å². The highest BCUT2D eigenvalue weighted by atomic mass is 16.4. The minimum absolute atomic E-state index is 0.100. The molecule has 0 aliphatic heterocycles. The van der Waals surface area contributed by atoms with Gasteiger partial charge in [-0.2, -0.15) is 5.10 Å². The molecule has 0 amide bonds. The van der Waals surface area contributed by atoms with E-state index in [9.17, 15) is 4.79 Å². The van der Waals surface area contributed by atoms with E-state index in [0.29, 0.717) is 5.69 Å². The van der Waals surface area contributed by atoms with Gasteiger partial charge in [0.25, 0.3) is 0 Å². The number of anilines is 1. The SMILES string of the molecule is Nc1n[nH]c(C2CCCCC2)c1C(=O)O. The number of nitrogens with zero attached hydrogens (tertiary/aromatic N) is 1. The number of aromatic amines is 1. The molecule has 0 unspecified atom stereocenters. The van der Waals surface area contributed by atoms with Crippen molar-refractivity contribution in [2.24, 2.45) is 0 Å². The van der Waals surface area contributed by atoms with Gasteiger partial charge in [-0.1, -0.05) is 19.3 Å². The van der Waals surface area contributed by atoms with Crippen molar-refractivity contribution in [2.45, 2.75) is 38.0 Å². The predicted octanol–water partition coefficient (Wildman–Crippen LogP) is 1.74. The molecule has 1 fully saturated rings. The lowest BCUT2D eigenvalue weighted by Gasteiger charge is -2.20. The van der Waals surface area contributed by atoms with Crippen molar-refractivity contribution in [1.29, 1.82) is 0 Å². The van der Waals surface area contributed by atoms with E-state index in [2.05, 4.69) is 10.2 Å². The predicted molar refractivity (Wildman–Crippen MR) is 55.8 cm³/mol. The zero-order valence-corrected chi connectivity index (χ0v) is 8.49. The van der Waals surface area contributed by atoms with Crippen LogP contribution in [0.25, 0.3) is 0 Å². The summed E-state index contributed by atoms with van der Waals surface area (Å²) in [5, 5.41) is 15.6. The molecule has 0 radical (unpaired) electrons. The third kappa shape index (κ3) is 1.82. The summed E-state index contributed by atoms with van der Waals surface area (Å²) < 4.78 is 0. The summed E-state index contributed by atoms with van der Waals surface area (Å²) in [5.74, 6) is -0.598. The number of carbonyl (C=O) groups is 1. The van der Waals surface area contributed by atoms with Gasteiger partial charge in [0.1, 0.15) is 5.56 Å². The Morgan fingerprint density at radius 1 is 1.40 bits per heavy atom. The van der Waals surface area contributed by atoms with E-state index < -0.39 is 5.97 Å². The Balaban J connectivity index is 2.30. The normalized spacial score (nSPS) is 17.9. The molecule has 15 heavy (non-hydrogen) atoms. The van der Waals surface area contributed by atoms with Crippen molar-refractivity contribution in [2.75, 3.05) is 5.73 Å². The lowest BCUT2D eigenvalue weighted by atomic mass is 9.85. The van der Waals surface area contributed by atoms with Gasteiger partial charge in [-0.15, -0.1) is 0 Å². The van der Waals surface area contributed by atoms with Crippen LogP contribution in [0.4, 0.5) is 5.82 Å². The fourth-order valence-electron chi connectivity index (χ4n) is 2.28. The quantitative estimate of drug-likeness (QED) is 0.691. The summed E-state index contributed by atoms with van der Waals surface area (Å²) >= 11 is 0. The number of nitrogens with two attached hydrogens (primary N) is 1. The van der Waals surface area contributed by atoms with E-state index in [4.69, 9.17) is 10.8 Å². The first kappa shape index (κ1) is 10.0. The van der Waals surface area contributed by atoms with Gasteiger partial charge < -0.3 is 10.8 Å². The summed E-state index contributed by atoms with van der Waals surface area (Å²) in [6.45, 7) is 0. The second kappa shape index (κ2) is 3.92. The molecule has 82 valence electrons. The summed E-state index contributed by atoms with van der Waals surface area (Å²) in [6.07, 6.45) is 5.61. The Kier molecular flexibility index (Phi) is 2.62. The fraction of sp³-hybridized carbons (Fsp3) is 0.600. The van der Waals surface area contributed by atoms with Crippen LogP contribution in [0.1, 0.15) is 54.1 Å². The van der Waals surface area contributed by atoms with Crippen LogP contribution in [0.15, 0.2) is 0 Å². The van der Waals surface area contributed by atoms with E-state index in [1.165, 1.54) is 6.42 Å². The first-order valence-corrected chi connectivity index (χ1v) is 5.27. The van der Waals surface area contributed by atoms with Crippen LogP contribution >= 0.6 is 0 Å². The van der Waals surface area contributed by atoms with E-state index in [1.807, 2.05) is 0 Å². The molecular weight excluding hydrogens is 194 g/mol. The molecule has 0 spiro atoms. The largest absolute Gasteiger partial charge is 0.477 e. The molecule has 1 aliphatic rings. The second-order valence-corrected chi connectivity index (χ2v) is 4.04. The Hall–Kier alpha value is -1.52. The van der Waals surface area contributed by atoms with Gasteiger partial charge in [0.05, 0.1) is 5.69 Å². The summed E-state index contributed by atoms with van der Waals surface area (Å²) in [5.41, 5.74) is 6.40. The maximum Gasteiger partial charge on any atom is 0.341 e. The number of carboxylic acids is 1. The molecule has 1 aromatic heterocycles. The van der Waals surface area contributed by atoms with E-state index >= 15 is 0 Å². The van der Waals surface area contributed by atoms with Gasteiger partial charge in [-0.3, -0.25) is 5.10 Å². The van der Waals surface area contributed by atoms with Crippen LogP contribution in [0.2, 0.25) is 0 Å². The van der Waals surface area contributed by atoms with Crippen LogP contribution in [-0.4, -0.2) is 21.3 Å². The van der Waals surface area contributed by atoms with Gasteiger partial charge in [0, 0.05) is 5.92 Å². The molecule has 0 aromatic carbocycles. The highest BCUT2D eigenvalue weighted by Gasteiger charge is 2.25. The standard InChI is InChI=1S/C10H15N3O2/c11-9-7(10(14)15)8(12-13-9)6-4-2-1-3-5-6/h6H,1-5H2,(H,14,15)(H3,11,12,13). The van der Waals surface area contributed by atoms with Crippen molar-refractivity contribution in [1.82, 2.24) is 10.2 Å². The maximum atomic E-state index is 11.0. The smallest absolute Gasteiger partial charge is 0.341 e. The van der Waals surface area contributed by atoms with Crippen LogP contribution < -0.4 is 5.73 Å². The summed E-state index contributed by atoms with van der Waals surface area (Å²) in [7, 11) is 0. The van der Waals surface area contributed by atoms with Gasteiger partial charge in [-0.05, 0) is 12.8 Å². The zero-order chi connectivity index (χ0) is 10.8. The molecule has 5 heteroatoms. The molecule has 2 rings (SSSR count). The Morgan fingerprint density at radius 2 is 2.07 bits per heavy atom. The number of aromatic carboxylic acids is 1. The highest BCUT2D eigenvalue weighted by Crippen LogP contribution is 2.34. The molecular formula is C10H15N3O2. The van der Waals surface area contributed by atoms with Crippen molar-refractivity contribution >= 4 is 11.8 Å². The second-order valence-electron chi connectivity index (χ2n) is 4.04. The van der Waals surface area contributed by atoms with Crippen molar-refractivity contribution in [3.05, 3.63) is 11.3 Å². The third-order valence-corrected chi connectivity index (χ3v) is 3.05. The van der Waals surface area contributed by atoms with Gasteiger partial charge in [0.2, 0.25) is 0 Å². The maximum absolute atomic E-state index is 11.0. The van der Waals surface area contributed by atoms with Crippen molar-refractivity contribution in [3.8, 4) is 0 Å². The van der Waals surface area contributed by atoms with Crippen LogP contribution in [0.5, 0.6) is 0 Å². The van der Waals surface area contributed by atoms with Crippen molar-refractivity contribution in [3.63, 3.8) is 0 Å². The molecule has 5 nitrogen and oxygen atoms in total. The van der Waals surface area contributed by atoms with Crippen LogP contribution in [0, 0.1) is 0 Å². The number of hydrogen-bond donors (Lipinski definition) is 3. The average molecular weight is 209 g/mol. The zero-order valence-electron chi connectivity index (χ0n) is 8.49. The molecule has 1 heterocycles. The number of nitrogens with one attached hydrogen (secondary N) is 1. The topological polar surface area (TPSA) is 92.0 Å². The number of hydrogen-bond acceptors (Lipinski definition) is 3. The number of carboxylic acid groups (broad SMARTS) is 1. The minimum Gasteiger partial charge on any atom is -0.477 e. The van der Waals surface area contributed by atoms with Crippen LogP contribution in [-0.2, 0) is 0 Å². The molecule has 1 aromatic rings. The lowest BCUT2D eigenvalue weighted by Crippen LogP contribution is -2.10. The molecule has 0 saturated heterocycles. The number of aromatic nitrogens is 2. The lowest BCUT2D eigenvalue weighted by molar-refractivity contribution is 0.0696. The number of H-pyrrole nitrogens is 1. The molecule has 1 aliphatic carbocycles. The fourth-order valence-corrected chi connectivity index (χ4v) is 2.28. The molecule has 4 N–H and O–H groups in total. The molecule has 0 atom stereocenters. The minimum atomic E-state index is -0.984. The first-order valence-electron chi connectivity index (χ1n) is 5.27. The first-order chi connectivity index (χ1) is 7.20. The Labute approximate surface area is 87.7 Å². The summed E-state index contributed by atoms with van der Waals surface area (Å²) in [6, 6.07) is 0. The van der Waals surface area contributed by atoms with E-state index in [-0.39, 0.29) is 17.3 Å². The Bertz CT molecular complexity index is 367. The summed E-state index contributed by atoms with van der Waals surface area (Å²) in [4.78, 5) is 11.0. The monoisotopic (exact) mass is 209 g/mol. The van der Waals surface area contributed by atoms with Crippen molar-refractivity contribution < 1.29 is 9.90 Å². The molecule has 1 saturated carbocycles. The van der Waals surface area contributed by atoms with E-state index in [0.717, 1.165) is 25.7 Å². The van der Waals surface area contributed by atoms with Gasteiger partial charge in [0.15, 0.2) is 5.82 Å². The van der Waals surface area contributed by atoms with Gasteiger partial charge in [-0.25, -0.2) is 4.79 Å². The highest BCUT2D eigenvalue weighted by molar-refractivity contribution is 5.94. The number of nitrogen functional groups attached to an aromatic ring is 1. The number of rotatable bonds is 2. The Morgan fingerprint density at radius 3 is 2.67 bits per heavy atom.